The zero-order chi connectivity index (χ0) is 23.8. The molecule has 4 amide bonds. The number of nitrogens with one attached hydrogen (secondary N) is 2. The fourth-order valence-corrected chi connectivity index (χ4v) is 3.86. The molecule has 0 radical (unpaired) electrons. The second-order valence-electron chi connectivity index (χ2n) is 6.60. The van der Waals surface area contributed by atoms with Crippen LogP contribution in [0.4, 0.5) is 27.5 Å². The highest BCUT2D eigenvalue weighted by Crippen LogP contribution is 2.34. The fourth-order valence-electron chi connectivity index (χ4n) is 2.74. The highest BCUT2D eigenvalue weighted by atomic mass is 32.1. The van der Waals surface area contributed by atoms with Crippen LogP contribution in [0.25, 0.3) is 11.3 Å². The number of imide groups is 1. The molecule has 0 fully saturated rings. The van der Waals surface area contributed by atoms with Gasteiger partial charge in [0.2, 0.25) is 5.91 Å². The quantitative estimate of drug-likeness (QED) is 0.336. The first-order chi connectivity index (χ1) is 14.9. The number of nitrogens with zero attached hydrogens (tertiary/aromatic N) is 2. The van der Waals surface area contributed by atoms with E-state index in [1.807, 2.05) is 0 Å². The lowest BCUT2D eigenvalue weighted by molar-refractivity contribution is -0.498. The summed E-state index contributed by atoms with van der Waals surface area (Å²) >= 11 is 3.99. The summed E-state index contributed by atoms with van der Waals surface area (Å²) in [5.41, 5.74) is -1.78. The lowest BCUT2D eigenvalue weighted by atomic mass is 10.1. The third-order valence-corrected chi connectivity index (χ3v) is 5.45. The number of hydrogen-bond donors (Lipinski definition) is 3. The van der Waals surface area contributed by atoms with Gasteiger partial charge in [-0.25, -0.2) is 19.1 Å². The topological polar surface area (TPSA) is 120 Å². The normalized spacial score (nSPS) is 14.8. The van der Waals surface area contributed by atoms with E-state index in [4.69, 9.17) is 5.41 Å². The first-order valence-corrected chi connectivity index (χ1v) is 10.1. The first kappa shape index (κ1) is 23.6. The highest BCUT2D eigenvalue weighted by molar-refractivity contribution is 7.63. The molecule has 2 aromatic rings. The number of primary amides is 1. The van der Waals surface area contributed by atoms with Gasteiger partial charge in [-0.1, -0.05) is 0 Å². The van der Waals surface area contributed by atoms with Crippen LogP contribution in [0.15, 0.2) is 34.2 Å². The van der Waals surface area contributed by atoms with E-state index < -0.39 is 41.8 Å². The van der Waals surface area contributed by atoms with Gasteiger partial charge in [0.05, 0.1) is 36.0 Å². The molecule has 0 atom stereocenters. The van der Waals surface area contributed by atoms with Crippen molar-refractivity contribution < 1.29 is 37.3 Å². The number of halogens is 4. The zero-order valence-corrected chi connectivity index (χ0v) is 17.9. The van der Waals surface area contributed by atoms with E-state index >= 15 is 0 Å². The lowest BCUT2D eigenvalue weighted by Crippen LogP contribution is -2.91. The predicted octanol–water partition coefficient (Wildman–Crippen LogP) is 1.69. The van der Waals surface area contributed by atoms with E-state index in [1.165, 1.54) is 12.4 Å². The Bertz CT molecular complexity index is 1180. The number of benzene rings is 1. The van der Waals surface area contributed by atoms with Crippen molar-refractivity contribution in [1.29, 1.82) is 5.41 Å². The zero-order valence-electron chi connectivity index (χ0n) is 16.1. The summed E-state index contributed by atoms with van der Waals surface area (Å²) in [6, 6.07) is 1.42. The minimum absolute atomic E-state index is 0.0111. The van der Waals surface area contributed by atoms with Crippen molar-refractivity contribution in [2.75, 3.05) is 12.4 Å². The second kappa shape index (κ2) is 8.80. The van der Waals surface area contributed by atoms with Gasteiger partial charge < -0.3 is 10.7 Å². The van der Waals surface area contributed by atoms with Gasteiger partial charge in [0.25, 0.3) is 5.91 Å². The maximum absolute atomic E-state index is 13.6. The number of nitrogens with two attached hydrogens (primary N) is 1. The number of urea groups is 1. The number of alkyl halides is 3. The molecular formula is C18H15F4N5O3S2+2. The smallest absolute Gasteiger partial charge is 0.304 e. The number of carbonyl (C=O) groups excluding carboxylic acids is 3. The maximum atomic E-state index is 13.6. The molecule has 8 nitrogen and oxygen atoms in total. The molecule has 1 aromatic heterocycles. The molecule has 0 spiro atoms. The minimum Gasteiger partial charge on any atom is -0.304 e. The molecule has 0 bridgehead atoms. The number of hydrogen-bond acceptors (Lipinski definition) is 6. The van der Waals surface area contributed by atoms with Gasteiger partial charge in [0.1, 0.15) is 5.82 Å². The molecule has 1 aliphatic rings. The Hall–Kier alpha value is -3.10. The number of aromatic nitrogens is 1. The maximum Gasteiger partial charge on any atom is 0.431 e. The van der Waals surface area contributed by atoms with Crippen LogP contribution in [0.1, 0.15) is 12.0 Å². The van der Waals surface area contributed by atoms with Crippen LogP contribution in [0.3, 0.4) is 0 Å². The van der Waals surface area contributed by atoms with E-state index in [2.05, 4.69) is 22.9 Å². The third kappa shape index (κ3) is 5.03. The summed E-state index contributed by atoms with van der Waals surface area (Å²) in [7, 11) is 1.24. The van der Waals surface area contributed by atoms with Crippen LogP contribution < -0.4 is 10.6 Å². The average Bonchev–Trinajstić information content (AvgIpc) is 3.13. The van der Waals surface area contributed by atoms with Crippen molar-refractivity contribution in [3.05, 3.63) is 45.6 Å². The molecule has 0 aliphatic carbocycles. The van der Waals surface area contributed by atoms with Crippen LogP contribution in [0.2, 0.25) is 0 Å². The molecule has 4 N–H and O–H groups in total. The summed E-state index contributed by atoms with van der Waals surface area (Å²) in [5, 5.41) is 13.0. The number of likely N-dealkylation sites (N-methyl/N-ethyl adjacent to an activating group) is 1. The molecular weight excluding hydrogens is 474 g/mol. The van der Waals surface area contributed by atoms with Crippen molar-refractivity contribution in [3.8, 4) is 11.3 Å². The van der Waals surface area contributed by atoms with Crippen molar-refractivity contribution in [1.82, 2.24) is 9.88 Å². The third-order valence-electron chi connectivity index (χ3n) is 4.30. The SMILES string of the molecule is CN1C(=O)[NH2+]C([SH2+])=C(C(=N)CC(=O)Nc2nc(-c3cc(F)cc(C(F)(F)F)c3)cs2)C1=O. The van der Waals surface area contributed by atoms with Gasteiger partial charge in [-0.3, -0.25) is 9.59 Å². The first-order valence-electron chi connectivity index (χ1n) is 8.70. The van der Waals surface area contributed by atoms with Crippen LogP contribution in [-0.2, 0) is 28.4 Å². The Balaban J connectivity index is 1.73. The molecule has 0 saturated carbocycles. The van der Waals surface area contributed by atoms with Gasteiger partial charge in [0, 0.05) is 18.0 Å². The summed E-state index contributed by atoms with van der Waals surface area (Å²) in [5.74, 6) is -2.55. The van der Waals surface area contributed by atoms with Gasteiger partial charge in [-0.15, -0.1) is 11.3 Å². The van der Waals surface area contributed by atoms with Gasteiger partial charge in [-0.05, 0) is 18.2 Å². The van der Waals surface area contributed by atoms with Gasteiger partial charge in [0.15, 0.2) is 10.7 Å². The molecule has 168 valence electrons. The molecule has 1 aromatic carbocycles. The Labute approximate surface area is 187 Å². The van der Waals surface area contributed by atoms with E-state index in [1.54, 1.807) is 0 Å². The Morgan fingerprint density at radius 1 is 1.31 bits per heavy atom. The molecule has 0 saturated heterocycles. The summed E-state index contributed by atoms with van der Waals surface area (Å²) in [6.07, 6.45) is -5.27. The van der Waals surface area contributed by atoms with E-state index in [9.17, 15) is 31.9 Å². The standard InChI is InChI=1S/C18H13F4N5O3S2/c1-27-15(29)13(14(31)26-17(27)30)10(23)5-12(28)25-16-24-11(6-32-16)7-2-8(18(20,21)22)4-9(19)3-7/h2-4,6,23,31H,5H2,1H3,(H,26,30)(H,24,25,28)/p+2. The van der Waals surface area contributed by atoms with E-state index in [-0.39, 0.29) is 32.7 Å². The highest BCUT2D eigenvalue weighted by Gasteiger charge is 2.39. The summed E-state index contributed by atoms with van der Waals surface area (Å²) in [6.45, 7) is 0. The largest absolute Gasteiger partial charge is 0.431 e. The number of carbonyl (C=O) groups is 3. The van der Waals surface area contributed by atoms with E-state index in [0.29, 0.717) is 6.07 Å². The number of quaternary nitrogens is 1. The van der Waals surface area contributed by atoms with Crippen LogP contribution in [-0.4, -0.2) is 40.5 Å². The minimum atomic E-state index is -4.74. The average molecular weight is 489 g/mol. The van der Waals surface area contributed by atoms with Crippen molar-refractivity contribution in [3.63, 3.8) is 0 Å². The number of rotatable bonds is 5. The molecule has 3 rings (SSSR count). The Kier molecular flexibility index (Phi) is 6.48. The molecule has 0 unspecified atom stereocenters. The summed E-state index contributed by atoms with van der Waals surface area (Å²) < 4.78 is 52.3. The molecule has 14 heteroatoms. The van der Waals surface area contributed by atoms with E-state index in [0.717, 1.165) is 33.7 Å². The molecule has 32 heavy (non-hydrogen) atoms. The number of amides is 4. The Morgan fingerprint density at radius 2 is 2.00 bits per heavy atom. The number of anilines is 1. The predicted molar refractivity (Wildman–Crippen MR) is 111 cm³/mol. The van der Waals surface area contributed by atoms with Crippen LogP contribution in [0.5, 0.6) is 0 Å². The van der Waals surface area contributed by atoms with Crippen LogP contribution >= 0.6 is 11.3 Å². The molecule has 1 aliphatic heterocycles. The van der Waals surface area contributed by atoms with Crippen molar-refractivity contribution in [2.45, 2.75) is 12.6 Å². The van der Waals surface area contributed by atoms with Crippen LogP contribution in [0, 0.1) is 11.2 Å². The van der Waals surface area contributed by atoms with Gasteiger partial charge >= 0.3 is 17.2 Å². The monoisotopic (exact) mass is 489 g/mol. The summed E-state index contributed by atoms with van der Waals surface area (Å²) in [4.78, 5) is 40.9. The van der Waals surface area contributed by atoms with Gasteiger partial charge in [-0.2, -0.15) is 18.5 Å². The fraction of sp³-hybridized carbons (Fsp3) is 0.167. The Morgan fingerprint density at radius 3 is 2.66 bits per heavy atom. The van der Waals surface area contributed by atoms with Crippen molar-refractivity contribution >= 4 is 52.7 Å². The number of thiazole rings is 1. The van der Waals surface area contributed by atoms with Crippen molar-refractivity contribution in [2.24, 2.45) is 0 Å². The second-order valence-corrected chi connectivity index (χ2v) is 8.00. The molecule has 2 heterocycles. The lowest BCUT2D eigenvalue weighted by Gasteiger charge is -2.18.